The molecule has 1 fully saturated rings. The number of ether oxygens (including phenoxy) is 1. The van der Waals surface area contributed by atoms with Crippen LogP contribution in [0.5, 0.6) is 0 Å². The normalized spacial score (nSPS) is 23.1. The molecule has 0 bridgehead atoms. The van der Waals surface area contributed by atoms with Crippen molar-refractivity contribution in [2.45, 2.75) is 38.3 Å². The molecule has 5 nitrogen and oxygen atoms in total. The molecule has 0 aromatic rings. The van der Waals surface area contributed by atoms with Crippen LogP contribution in [0.15, 0.2) is 0 Å². The first-order valence-corrected chi connectivity index (χ1v) is 6.49. The lowest BCUT2D eigenvalue weighted by Gasteiger charge is -2.27. The molecule has 0 radical (unpaired) electrons. The fraction of sp³-hybridized carbons (Fsp3) is 0.846. The highest BCUT2D eigenvalue weighted by atomic mass is 16.5. The smallest absolute Gasteiger partial charge is 0.223 e. The van der Waals surface area contributed by atoms with Gasteiger partial charge >= 0.3 is 0 Å². The Hall–Kier alpha value is -1.12. The first kappa shape index (κ1) is 14.9. The van der Waals surface area contributed by atoms with Crippen LogP contribution >= 0.6 is 0 Å². The first-order valence-electron chi connectivity index (χ1n) is 6.49. The van der Waals surface area contributed by atoms with Crippen molar-refractivity contribution in [1.29, 1.82) is 5.26 Å². The van der Waals surface area contributed by atoms with Gasteiger partial charge in [0.05, 0.1) is 18.6 Å². The average molecular weight is 253 g/mol. The molecule has 0 aromatic carbocycles. The molecule has 2 atom stereocenters. The predicted octanol–water partition coefficient (Wildman–Crippen LogP) is 0.858. The number of rotatable bonds is 6. The molecule has 1 rings (SSSR count). The minimum Gasteiger partial charge on any atom is -0.377 e. The van der Waals surface area contributed by atoms with Crippen molar-refractivity contribution in [3.05, 3.63) is 0 Å². The van der Waals surface area contributed by atoms with Crippen molar-refractivity contribution in [2.24, 2.45) is 0 Å². The zero-order chi connectivity index (χ0) is 13.5. The number of amides is 1. The molecule has 1 aliphatic rings. The van der Waals surface area contributed by atoms with Crippen molar-refractivity contribution >= 4 is 5.91 Å². The van der Waals surface area contributed by atoms with E-state index < -0.39 is 0 Å². The number of carbonyl (C=O) groups excluding carboxylic acids is 1. The van der Waals surface area contributed by atoms with Gasteiger partial charge in [0.25, 0.3) is 0 Å². The quantitative estimate of drug-likeness (QED) is 0.704. The third-order valence-electron chi connectivity index (χ3n) is 3.57. The Kier molecular flexibility index (Phi) is 6.10. The largest absolute Gasteiger partial charge is 0.377 e. The molecule has 1 amide bonds. The highest BCUT2D eigenvalue weighted by molar-refractivity contribution is 5.76. The number of carbonyl (C=O) groups is 1. The molecule has 1 heterocycles. The fourth-order valence-electron chi connectivity index (χ4n) is 2.27. The van der Waals surface area contributed by atoms with E-state index in [2.05, 4.69) is 11.8 Å². The lowest BCUT2D eigenvalue weighted by atomic mass is 10.1. The van der Waals surface area contributed by atoms with E-state index in [0.29, 0.717) is 25.4 Å². The van der Waals surface area contributed by atoms with E-state index in [1.54, 1.807) is 11.9 Å². The van der Waals surface area contributed by atoms with Crippen molar-refractivity contribution < 1.29 is 9.53 Å². The third kappa shape index (κ3) is 4.28. The van der Waals surface area contributed by atoms with Gasteiger partial charge in [-0.25, -0.2) is 0 Å². The number of hydrogen-bond acceptors (Lipinski definition) is 4. The molecular weight excluding hydrogens is 230 g/mol. The zero-order valence-corrected chi connectivity index (χ0v) is 11.6. The minimum atomic E-state index is 0.101. The van der Waals surface area contributed by atoms with Gasteiger partial charge in [0.1, 0.15) is 0 Å². The molecule has 1 aliphatic heterocycles. The Morgan fingerprint density at radius 2 is 2.17 bits per heavy atom. The average Bonchev–Trinajstić information content (AvgIpc) is 2.78. The maximum absolute atomic E-state index is 11.8. The summed E-state index contributed by atoms with van der Waals surface area (Å²) < 4.78 is 5.52. The van der Waals surface area contributed by atoms with E-state index in [1.807, 2.05) is 13.1 Å². The molecule has 2 unspecified atom stereocenters. The molecule has 5 heteroatoms. The molecule has 102 valence electrons. The van der Waals surface area contributed by atoms with Crippen LogP contribution in [0.4, 0.5) is 0 Å². The minimum absolute atomic E-state index is 0.101. The van der Waals surface area contributed by atoms with E-state index in [9.17, 15) is 4.79 Å². The number of nitriles is 1. The van der Waals surface area contributed by atoms with Gasteiger partial charge < -0.3 is 14.5 Å². The van der Waals surface area contributed by atoms with Gasteiger partial charge in [-0.15, -0.1) is 0 Å². The monoisotopic (exact) mass is 253 g/mol. The van der Waals surface area contributed by atoms with Crippen molar-refractivity contribution in [3.8, 4) is 6.07 Å². The van der Waals surface area contributed by atoms with E-state index in [0.717, 1.165) is 19.6 Å². The summed E-state index contributed by atoms with van der Waals surface area (Å²) >= 11 is 0. The lowest BCUT2D eigenvalue weighted by molar-refractivity contribution is -0.130. The summed E-state index contributed by atoms with van der Waals surface area (Å²) in [5.41, 5.74) is 0. The van der Waals surface area contributed by atoms with Crippen LogP contribution in [-0.4, -0.2) is 61.6 Å². The van der Waals surface area contributed by atoms with Gasteiger partial charge in [0, 0.05) is 39.2 Å². The van der Waals surface area contributed by atoms with E-state index in [-0.39, 0.29) is 12.0 Å². The Labute approximate surface area is 109 Å². The summed E-state index contributed by atoms with van der Waals surface area (Å²) in [6.45, 7) is 4.15. The molecule has 0 spiro atoms. The SMILES string of the molecule is CC1OCCC1N(C)CCC(=O)N(C)CCC#N. The van der Waals surface area contributed by atoms with E-state index >= 15 is 0 Å². The van der Waals surface area contributed by atoms with Crippen LogP contribution in [0.2, 0.25) is 0 Å². The maximum atomic E-state index is 11.8. The predicted molar refractivity (Wildman–Crippen MR) is 68.9 cm³/mol. The molecule has 0 aliphatic carbocycles. The Morgan fingerprint density at radius 1 is 1.44 bits per heavy atom. The number of nitrogens with zero attached hydrogens (tertiary/aromatic N) is 3. The third-order valence-corrected chi connectivity index (χ3v) is 3.57. The molecule has 18 heavy (non-hydrogen) atoms. The Morgan fingerprint density at radius 3 is 2.72 bits per heavy atom. The van der Waals surface area contributed by atoms with Crippen molar-refractivity contribution in [2.75, 3.05) is 33.8 Å². The van der Waals surface area contributed by atoms with Crippen LogP contribution in [0.25, 0.3) is 0 Å². The van der Waals surface area contributed by atoms with Gasteiger partial charge in [-0.2, -0.15) is 5.26 Å². The van der Waals surface area contributed by atoms with Crippen LogP contribution < -0.4 is 0 Å². The number of hydrogen-bond donors (Lipinski definition) is 0. The highest BCUT2D eigenvalue weighted by Crippen LogP contribution is 2.18. The van der Waals surface area contributed by atoms with E-state index in [1.165, 1.54) is 0 Å². The van der Waals surface area contributed by atoms with Gasteiger partial charge in [0.2, 0.25) is 5.91 Å². The molecule has 0 N–H and O–H groups in total. The van der Waals surface area contributed by atoms with Gasteiger partial charge in [-0.05, 0) is 20.4 Å². The summed E-state index contributed by atoms with van der Waals surface area (Å²) in [4.78, 5) is 15.6. The molecule has 0 saturated carbocycles. The van der Waals surface area contributed by atoms with Gasteiger partial charge in [-0.3, -0.25) is 4.79 Å². The van der Waals surface area contributed by atoms with Gasteiger partial charge in [0.15, 0.2) is 0 Å². The van der Waals surface area contributed by atoms with Crippen LogP contribution in [0.3, 0.4) is 0 Å². The standard InChI is InChI=1S/C13H23N3O2/c1-11-12(6-10-18-11)15(2)9-5-13(17)16(3)8-4-7-14/h11-12H,4-6,8-10H2,1-3H3. The second-order valence-corrected chi connectivity index (χ2v) is 4.89. The van der Waals surface area contributed by atoms with E-state index in [4.69, 9.17) is 10.00 Å². The second kappa shape index (κ2) is 7.34. The summed E-state index contributed by atoms with van der Waals surface area (Å²) in [6, 6.07) is 2.47. The Balaban J connectivity index is 2.27. The van der Waals surface area contributed by atoms with Crippen molar-refractivity contribution in [3.63, 3.8) is 0 Å². The fourth-order valence-corrected chi connectivity index (χ4v) is 2.27. The van der Waals surface area contributed by atoms with Crippen molar-refractivity contribution in [1.82, 2.24) is 9.80 Å². The highest BCUT2D eigenvalue weighted by Gasteiger charge is 2.27. The van der Waals surface area contributed by atoms with Crippen LogP contribution in [-0.2, 0) is 9.53 Å². The second-order valence-electron chi connectivity index (χ2n) is 4.89. The molecule has 0 aromatic heterocycles. The number of likely N-dealkylation sites (N-methyl/N-ethyl adjacent to an activating group) is 1. The Bertz CT molecular complexity index is 314. The van der Waals surface area contributed by atoms with Crippen LogP contribution in [0.1, 0.15) is 26.2 Å². The molecular formula is C13H23N3O2. The lowest BCUT2D eigenvalue weighted by Crippen LogP contribution is -2.39. The topological polar surface area (TPSA) is 56.6 Å². The zero-order valence-electron chi connectivity index (χ0n) is 11.6. The summed E-state index contributed by atoms with van der Waals surface area (Å²) in [5.74, 6) is 0.101. The van der Waals surface area contributed by atoms with Crippen LogP contribution in [0, 0.1) is 11.3 Å². The maximum Gasteiger partial charge on any atom is 0.223 e. The summed E-state index contributed by atoms with van der Waals surface area (Å²) in [6.07, 6.45) is 2.19. The first-order chi connectivity index (χ1) is 8.56. The van der Waals surface area contributed by atoms with Gasteiger partial charge in [-0.1, -0.05) is 0 Å². The summed E-state index contributed by atoms with van der Waals surface area (Å²) in [5, 5.41) is 8.48. The molecule has 1 saturated heterocycles. The summed E-state index contributed by atoms with van der Waals surface area (Å²) in [7, 11) is 3.79.